The molecular weight excluding hydrogens is 402 g/mol. The molecule has 4 N–H and O–H groups in total. The second-order valence-electron chi connectivity index (χ2n) is 8.44. The summed E-state index contributed by atoms with van der Waals surface area (Å²) in [6.07, 6.45) is 9.96. The SMILES string of the molecule is OCc1cc(C(O)CNCCCCCCOCCCCCCc2ccccc2)ccc1O. The lowest BCUT2D eigenvalue weighted by Crippen LogP contribution is -2.22. The third kappa shape index (κ3) is 11.1. The Hall–Kier alpha value is -1.92. The summed E-state index contributed by atoms with van der Waals surface area (Å²) < 4.78 is 5.75. The van der Waals surface area contributed by atoms with Crippen LogP contribution in [0.25, 0.3) is 0 Å². The number of aryl methyl sites for hydroxylation is 1. The van der Waals surface area contributed by atoms with Crippen LogP contribution in [0.3, 0.4) is 0 Å². The Labute approximate surface area is 193 Å². The highest BCUT2D eigenvalue weighted by Crippen LogP contribution is 2.22. The van der Waals surface area contributed by atoms with E-state index in [9.17, 15) is 15.3 Å². The molecule has 0 aliphatic carbocycles. The van der Waals surface area contributed by atoms with Crippen molar-refractivity contribution in [2.45, 2.75) is 70.5 Å². The number of nitrogens with one attached hydrogen (secondary N) is 1. The maximum Gasteiger partial charge on any atom is 0.121 e. The number of hydrogen-bond donors (Lipinski definition) is 4. The highest BCUT2D eigenvalue weighted by atomic mass is 16.5. The fourth-order valence-corrected chi connectivity index (χ4v) is 3.74. The Morgan fingerprint density at radius 3 is 2.22 bits per heavy atom. The Bertz CT molecular complexity index is 723. The summed E-state index contributed by atoms with van der Waals surface area (Å²) in [5.41, 5.74) is 2.57. The van der Waals surface area contributed by atoms with Crippen molar-refractivity contribution >= 4 is 0 Å². The van der Waals surface area contributed by atoms with Crippen molar-refractivity contribution in [3.8, 4) is 5.75 Å². The molecular formula is C27H41NO4. The number of benzene rings is 2. The van der Waals surface area contributed by atoms with Gasteiger partial charge in [0.05, 0.1) is 12.7 Å². The molecule has 2 aromatic rings. The number of aliphatic hydroxyl groups excluding tert-OH is 2. The van der Waals surface area contributed by atoms with E-state index in [-0.39, 0.29) is 12.4 Å². The van der Waals surface area contributed by atoms with Crippen molar-refractivity contribution in [3.63, 3.8) is 0 Å². The van der Waals surface area contributed by atoms with Gasteiger partial charge in [0.2, 0.25) is 0 Å². The molecule has 178 valence electrons. The molecule has 0 radical (unpaired) electrons. The van der Waals surface area contributed by atoms with E-state index in [0.717, 1.165) is 45.4 Å². The number of aliphatic hydroxyl groups is 2. The minimum absolute atomic E-state index is 0.0548. The third-order valence-electron chi connectivity index (χ3n) is 5.74. The van der Waals surface area contributed by atoms with Gasteiger partial charge in [-0.2, -0.15) is 0 Å². The number of unbranched alkanes of at least 4 members (excludes halogenated alkanes) is 6. The van der Waals surface area contributed by atoms with Crippen LogP contribution in [-0.4, -0.2) is 41.6 Å². The standard InChI is InChI=1S/C27H41NO4/c29-22-25-20-24(15-16-26(25)30)27(31)21-28-17-9-2-4-11-19-32-18-10-3-1-6-12-23-13-7-5-8-14-23/h5,7-8,13-16,20,27-31H,1-4,6,9-12,17-19,21-22H2. The summed E-state index contributed by atoms with van der Waals surface area (Å²) in [7, 11) is 0. The van der Waals surface area contributed by atoms with Crippen molar-refractivity contribution < 1.29 is 20.1 Å². The lowest BCUT2D eigenvalue weighted by molar-refractivity contribution is 0.125. The van der Waals surface area contributed by atoms with E-state index in [1.165, 1.54) is 43.7 Å². The predicted molar refractivity (Wildman–Crippen MR) is 130 cm³/mol. The molecule has 0 saturated carbocycles. The molecule has 5 nitrogen and oxygen atoms in total. The summed E-state index contributed by atoms with van der Waals surface area (Å²) in [5, 5.41) is 32.3. The second-order valence-corrected chi connectivity index (χ2v) is 8.44. The van der Waals surface area contributed by atoms with Crippen molar-refractivity contribution in [2.24, 2.45) is 0 Å². The van der Waals surface area contributed by atoms with Crippen molar-refractivity contribution in [3.05, 3.63) is 65.2 Å². The molecule has 0 heterocycles. The fraction of sp³-hybridized carbons (Fsp3) is 0.556. The van der Waals surface area contributed by atoms with Crippen LogP contribution in [0, 0.1) is 0 Å². The van der Waals surface area contributed by atoms with Crippen LogP contribution in [-0.2, 0) is 17.8 Å². The highest BCUT2D eigenvalue weighted by molar-refractivity contribution is 5.36. The average molecular weight is 444 g/mol. The fourth-order valence-electron chi connectivity index (χ4n) is 3.74. The van der Waals surface area contributed by atoms with Crippen molar-refractivity contribution in [1.29, 1.82) is 0 Å². The van der Waals surface area contributed by atoms with E-state index in [1.807, 2.05) is 0 Å². The lowest BCUT2D eigenvalue weighted by Gasteiger charge is -2.14. The molecule has 2 rings (SSSR count). The zero-order valence-electron chi connectivity index (χ0n) is 19.3. The van der Waals surface area contributed by atoms with E-state index in [0.29, 0.717) is 17.7 Å². The quantitative estimate of drug-likeness (QED) is 0.247. The molecule has 32 heavy (non-hydrogen) atoms. The summed E-state index contributed by atoms with van der Waals surface area (Å²) in [6.45, 7) is 2.82. The molecule has 0 fully saturated rings. The van der Waals surface area contributed by atoms with Crippen LogP contribution in [0.1, 0.15) is 74.2 Å². The summed E-state index contributed by atoms with van der Waals surface area (Å²) in [6, 6.07) is 15.5. The Morgan fingerprint density at radius 1 is 0.812 bits per heavy atom. The van der Waals surface area contributed by atoms with Gasteiger partial charge >= 0.3 is 0 Å². The molecule has 0 bridgehead atoms. The molecule has 1 unspecified atom stereocenters. The summed E-state index contributed by atoms with van der Waals surface area (Å²) in [4.78, 5) is 0. The van der Waals surface area contributed by atoms with Gasteiger partial charge in [-0.3, -0.25) is 0 Å². The van der Waals surface area contributed by atoms with Crippen molar-refractivity contribution in [2.75, 3.05) is 26.3 Å². The van der Waals surface area contributed by atoms with Gasteiger partial charge in [-0.05, 0) is 61.9 Å². The number of ether oxygens (including phenoxy) is 1. The molecule has 0 aliphatic rings. The van der Waals surface area contributed by atoms with Crippen LogP contribution in [0.4, 0.5) is 0 Å². The van der Waals surface area contributed by atoms with Gasteiger partial charge in [0.25, 0.3) is 0 Å². The monoisotopic (exact) mass is 443 g/mol. The van der Waals surface area contributed by atoms with E-state index < -0.39 is 6.10 Å². The van der Waals surface area contributed by atoms with Gasteiger partial charge in [0.15, 0.2) is 0 Å². The predicted octanol–water partition coefficient (Wildman–Crippen LogP) is 4.89. The van der Waals surface area contributed by atoms with Crippen LogP contribution in [0.2, 0.25) is 0 Å². The number of phenols is 1. The third-order valence-corrected chi connectivity index (χ3v) is 5.74. The Morgan fingerprint density at radius 2 is 1.50 bits per heavy atom. The van der Waals surface area contributed by atoms with Gasteiger partial charge in [-0.25, -0.2) is 0 Å². The largest absolute Gasteiger partial charge is 0.508 e. The molecule has 0 aliphatic heterocycles. The summed E-state index contributed by atoms with van der Waals surface area (Å²) in [5.74, 6) is 0.0548. The van der Waals surface area contributed by atoms with Crippen molar-refractivity contribution in [1.82, 2.24) is 5.32 Å². The first-order valence-corrected chi connectivity index (χ1v) is 12.1. The number of hydrogen-bond acceptors (Lipinski definition) is 5. The molecule has 2 aromatic carbocycles. The molecule has 1 atom stereocenters. The Balaban J connectivity index is 1.34. The molecule has 0 amide bonds. The lowest BCUT2D eigenvalue weighted by atomic mass is 10.1. The average Bonchev–Trinajstić information content (AvgIpc) is 2.82. The van der Waals surface area contributed by atoms with Gasteiger partial charge in [0.1, 0.15) is 5.75 Å². The first-order valence-electron chi connectivity index (χ1n) is 12.1. The van der Waals surface area contributed by atoms with Gasteiger partial charge < -0.3 is 25.4 Å². The van der Waals surface area contributed by atoms with E-state index in [2.05, 4.69) is 35.6 Å². The number of rotatable bonds is 18. The second kappa shape index (κ2) is 16.7. The molecule has 5 heteroatoms. The van der Waals surface area contributed by atoms with Crippen LogP contribution in [0.5, 0.6) is 5.75 Å². The van der Waals surface area contributed by atoms with Gasteiger partial charge in [-0.15, -0.1) is 0 Å². The maximum absolute atomic E-state index is 10.2. The van der Waals surface area contributed by atoms with E-state index in [1.54, 1.807) is 12.1 Å². The maximum atomic E-state index is 10.2. The van der Waals surface area contributed by atoms with Crippen LogP contribution >= 0.6 is 0 Å². The molecule has 0 saturated heterocycles. The number of aromatic hydroxyl groups is 1. The van der Waals surface area contributed by atoms with Crippen LogP contribution in [0.15, 0.2) is 48.5 Å². The Kier molecular flexibility index (Phi) is 13.7. The molecule has 0 aromatic heterocycles. The van der Waals surface area contributed by atoms with E-state index >= 15 is 0 Å². The van der Waals surface area contributed by atoms with Gasteiger partial charge in [-0.1, -0.05) is 62.1 Å². The minimum atomic E-state index is -0.646. The smallest absolute Gasteiger partial charge is 0.121 e. The topological polar surface area (TPSA) is 82.0 Å². The normalized spacial score (nSPS) is 12.2. The zero-order valence-corrected chi connectivity index (χ0v) is 19.3. The minimum Gasteiger partial charge on any atom is -0.508 e. The van der Waals surface area contributed by atoms with Crippen LogP contribution < -0.4 is 5.32 Å². The molecule has 0 spiro atoms. The summed E-state index contributed by atoms with van der Waals surface area (Å²) >= 11 is 0. The first-order chi connectivity index (χ1) is 15.7. The van der Waals surface area contributed by atoms with E-state index in [4.69, 9.17) is 4.74 Å². The first kappa shape index (κ1) is 26.3. The highest BCUT2D eigenvalue weighted by Gasteiger charge is 2.09. The van der Waals surface area contributed by atoms with Gasteiger partial charge in [0, 0.05) is 25.3 Å². The zero-order chi connectivity index (χ0) is 22.9.